The van der Waals surface area contributed by atoms with Gasteiger partial charge < -0.3 is 15.3 Å². The number of benzene rings is 3. The van der Waals surface area contributed by atoms with Crippen LogP contribution in [0, 0.1) is 0 Å². The van der Waals surface area contributed by atoms with Crippen LogP contribution in [0.4, 0.5) is 0 Å². The van der Waals surface area contributed by atoms with Crippen LogP contribution < -0.4 is 0 Å². The van der Waals surface area contributed by atoms with Crippen molar-refractivity contribution in [2.24, 2.45) is 0 Å². The molecule has 0 heterocycles. The predicted molar refractivity (Wildman–Crippen MR) is 99.1 cm³/mol. The van der Waals surface area contributed by atoms with Gasteiger partial charge in [0.05, 0.1) is 0 Å². The summed E-state index contributed by atoms with van der Waals surface area (Å²) in [5.74, 6) is 0.705. The van der Waals surface area contributed by atoms with E-state index in [1.807, 2.05) is 36.4 Å². The number of hydrogen-bond acceptors (Lipinski definition) is 3. The van der Waals surface area contributed by atoms with Gasteiger partial charge in [-0.2, -0.15) is 0 Å². The standard InChI is InChI=1S/C22H22O3/c1-22(17-6-3-9-20(24)14-17,18-7-4-10-21(25)15-18)12-11-16-5-2-8-19(23)13-16/h2-10,13-15,23-25H,11-12H2,1H3. The minimum absolute atomic E-state index is 0.223. The number of aryl methyl sites for hydroxylation is 1. The summed E-state index contributed by atoms with van der Waals surface area (Å²) < 4.78 is 0. The molecule has 0 aromatic heterocycles. The Morgan fingerprint density at radius 3 is 1.64 bits per heavy atom. The maximum atomic E-state index is 9.92. The maximum absolute atomic E-state index is 9.92. The topological polar surface area (TPSA) is 60.7 Å². The fourth-order valence-corrected chi connectivity index (χ4v) is 3.26. The molecule has 0 radical (unpaired) electrons. The number of phenolic OH excluding ortho intramolecular Hbond substituents is 3. The Morgan fingerprint density at radius 1 is 0.680 bits per heavy atom. The Kier molecular flexibility index (Phi) is 4.66. The molecule has 0 saturated heterocycles. The van der Waals surface area contributed by atoms with Crippen LogP contribution in [0.15, 0.2) is 72.8 Å². The van der Waals surface area contributed by atoms with Crippen LogP contribution in [-0.4, -0.2) is 15.3 Å². The Balaban J connectivity index is 1.99. The first-order valence-electron chi connectivity index (χ1n) is 8.34. The summed E-state index contributed by atoms with van der Waals surface area (Å²) in [6.07, 6.45) is 1.53. The maximum Gasteiger partial charge on any atom is 0.115 e. The lowest BCUT2D eigenvalue weighted by Gasteiger charge is -2.31. The second-order valence-corrected chi connectivity index (χ2v) is 6.60. The summed E-state index contributed by atoms with van der Waals surface area (Å²) in [6, 6.07) is 21.8. The van der Waals surface area contributed by atoms with Gasteiger partial charge in [-0.05, 0) is 65.9 Å². The first-order valence-corrected chi connectivity index (χ1v) is 8.34. The monoisotopic (exact) mass is 334 g/mol. The van der Waals surface area contributed by atoms with Crippen LogP contribution in [0.2, 0.25) is 0 Å². The molecule has 0 aliphatic carbocycles. The van der Waals surface area contributed by atoms with Gasteiger partial charge in [-0.25, -0.2) is 0 Å². The van der Waals surface area contributed by atoms with Gasteiger partial charge >= 0.3 is 0 Å². The average Bonchev–Trinajstić information content (AvgIpc) is 2.60. The van der Waals surface area contributed by atoms with Crippen molar-refractivity contribution in [2.45, 2.75) is 25.2 Å². The van der Waals surface area contributed by atoms with Gasteiger partial charge in [0.1, 0.15) is 17.2 Å². The molecule has 0 amide bonds. The zero-order chi connectivity index (χ0) is 17.9. The SMILES string of the molecule is CC(CCc1cccc(O)c1)(c1cccc(O)c1)c1cccc(O)c1. The molecule has 0 aliphatic heterocycles. The average molecular weight is 334 g/mol. The van der Waals surface area contributed by atoms with Crippen molar-refractivity contribution in [1.82, 2.24) is 0 Å². The highest BCUT2D eigenvalue weighted by Gasteiger charge is 2.29. The minimum Gasteiger partial charge on any atom is -0.508 e. The molecule has 25 heavy (non-hydrogen) atoms. The van der Waals surface area contributed by atoms with Gasteiger partial charge in [-0.1, -0.05) is 43.3 Å². The molecule has 0 spiro atoms. The van der Waals surface area contributed by atoms with E-state index >= 15 is 0 Å². The lowest BCUT2D eigenvalue weighted by molar-refractivity contribution is 0.461. The van der Waals surface area contributed by atoms with Crippen LogP contribution in [0.25, 0.3) is 0 Å². The molecule has 0 atom stereocenters. The summed E-state index contributed by atoms with van der Waals surface area (Å²) in [5, 5.41) is 29.5. The highest BCUT2D eigenvalue weighted by Crippen LogP contribution is 2.38. The fourth-order valence-electron chi connectivity index (χ4n) is 3.26. The van der Waals surface area contributed by atoms with Gasteiger partial charge in [0, 0.05) is 5.41 Å². The summed E-state index contributed by atoms with van der Waals surface area (Å²) in [7, 11) is 0. The Morgan fingerprint density at radius 2 is 1.16 bits per heavy atom. The Labute approximate surface area is 147 Å². The lowest BCUT2D eigenvalue weighted by atomic mass is 9.72. The van der Waals surface area contributed by atoms with E-state index in [-0.39, 0.29) is 22.7 Å². The third-order valence-electron chi connectivity index (χ3n) is 4.79. The number of rotatable bonds is 5. The summed E-state index contributed by atoms with van der Waals surface area (Å²) in [4.78, 5) is 0. The molecule has 3 N–H and O–H groups in total. The predicted octanol–water partition coefficient (Wildman–Crippen LogP) is 4.74. The van der Waals surface area contributed by atoms with E-state index in [1.165, 1.54) is 0 Å². The van der Waals surface area contributed by atoms with Crippen LogP contribution >= 0.6 is 0 Å². The third kappa shape index (κ3) is 3.77. The van der Waals surface area contributed by atoms with Crippen LogP contribution in [0.3, 0.4) is 0 Å². The van der Waals surface area contributed by atoms with Gasteiger partial charge in [-0.15, -0.1) is 0 Å². The van der Waals surface area contributed by atoms with Gasteiger partial charge in [0.15, 0.2) is 0 Å². The zero-order valence-corrected chi connectivity index (χ0v) is 14.2. The molecule has 3 heteroatoms. The summed E-state index contributed by atoms with van der Waals surface area (Å²) >= 11 is 0. The molecule has 3 aromatic rings. The molecular weight excluding hydrogens is 312 g/mol. The molecule has 0 unspecified atom stereocenters. The highest BCUT2D eigenvalue weighted by molar-refractivity contribution is 5.44. The van der Waals surface area contributed by atoms with Crippen molar-refractivity contribution in [3.63, 3.8) is 0 Å². The Bertz CT molecular complexity index is 825. The van der Waals surface area contributed by atoms with Gasteiger partial charge in [-0.3, -0.25) is 0 Å². The lowest BCUT2D eigenvalue weighted by Crippen LogP contribution is -2.24. The highest BCUT2D eigenvalue weighted by atomic mass is 16.3. The van der Waals surface area contributed by atoms with E-state index in [4.69, 9.17) is 0 Å². The quantitative estimate of drug-likeness (QED) is 0.631. The van der Waals surface area contributed by atoms with Crippen LogP contribution in [-0.2, 0) is 11.8 Å². The van der Waals surface area contributed by atoms with Crippen molar-refractivity contribution in [3.8, 4) is 17.2 Å². The number of hydrogen-bond donors (Lipinski definition) is 3. The smallest absolute Gasteiger partial charge is 0.115 e. The third-order valence-corrected chi connectivity index (χ3v) is 4.79. The second kappa shape index (κ2) is 6.89. The first kappa shape index (κ1) is 16.9. The molecule has 3 aromatic carbocycles. The van der Waals surface area contributed by atoms with E-state index in [9.17, 15) is 15.3 Å². The van der Waals surface area contributed by atoms with Crippen molar-refractivity contribution in [3.05, 3.63) is 89.5 Å². The van der Waals surface area contributed by atoms with E-state index in [2.05, 4.69) is 6.92 Å². The van der Waals surface area contributed by atoms with E-state index in [0.29, 0.717) is 0 Å². The minimum atomic E-state index is -0.386. The van der Waals surface area contributed by atoms with E-state index in [0.717, 1.165) is 29.5 Å². The summed E-state index contributed by atoms with van der Waals surface area (Å²) in [5.41, 5.74) is 2.63. The molecular formula is C22H22O3. The van der Waals surface area contributed by atoms with Crippen molar-refractivity contribution >= 4 is 0 Å². The largest absolute Gasteiger partial charge is 0.508 e. The van der Waals surface area contributed by atoms with Crippen LogP contribution in [0.5, 0.6) is 17.2 Å². The molecule has 0 bridgehead atoms. The Hall–Kier alpha value is -2.94. The van der Waals surface area contributed by atoms with Crippen molar-refractivity contribution in [1.29, 1.82) is 0 Å². The molecule has 128 valence electrons. The molecule has 3 nitrogen and oxygen atoms in total. The molecule has 0 aliphatic rings. The van der Waals surface area contributed by atoms with Gasteiger partial charge in [0.25, 0.3) is 0 Å². The molecule has 0 fully saturated rings. The van der Waals surface area contributed by atoms with E-state index in [1.54, 1.807) is 36.4 Å². The fraction of sp³-hybridized carbons (Fsp3) is 0.182. The first-order chi connectivity index (χ1) is 12.0. The van der Waals surface area contributed by atoms with Gasteiger partial charge in [0.2, 0.25) is 0 Å². The normalized spacial score (nSPS) is 11.4. The molecule has 0 saturated carbocycles. The number of phenols is 3. The zero-order valence-electron chi connectivity index (χ0n) is 14.2. The van der Waals surface area contributed by atoms with Crippen LogP contribution in [0.1, 0.15) is 30.0 Å². The van der Waals surface area contributed by atoms with Crippen molar-refractivity contribution in [2.75, 3.05) is 0 Å². The summed E-state index contributed by atoms with van der Waals surface area (Å²) in [6.45, 7) is 2.11. The van der Waals surface area contributed by atoms with Crippen molar-refractivity contribution < 1.29 is 15.3 Å². The second-order valence-electron chi connectivity index (χ2n) is 6.60. The number of aromatic hydroxyl groups is 3. The van der Waals surface area contributed by atoms with E-state index < -0.39 is 0 Å². The molecule has 3 rings (SSSR count).